The van der Waals surface area contributed by atoms with Gasteiger partial charge < -0.3 is 14.3 Å². The first-order chi connectivity index (χ1) is 9.51. The zero-order valence-electron chi connectivity index (χ0n) is 10.5. The topological polar surface area (TPSA) is 72.6 Å². The van der Waals surface area contributed by atoms with Gasteiger partial charge >= 0.3 is 12.6 Å². The number of carboxylic acids is 1. The van der Waals surface area contributed by atoms with Crippen molar-refractivity contribution in [3.63, 3.8) is 0 Å². The van der Waals surface area contributed by atoms with Gasteiger partial charge in [0.25, 0.3) is 0 Å². The van der Waals surface area contributed by atoms with Crippen molar-refractivity contribution in [2.45, 2.75) is 20.0 Å². The number of aryl methyl sites for hydroxylation is 1. The monoisotopic (exact) mass is 283 g/mol. The molecule has 5 nitrogen and oxygen atoms in total. The van der Waals surface area contributed by atoms with Crippen LogP contribution in [0.3, 0.4) is 0 Å². The van der Waals surface area contributed by atoms with E-state index in [1.807, 2.05) is 0 Å². The number of carbonyl (C=O) groups is 1. The Balaban J connectivity index is 2.29. The van der Waals surface area contributed by atoms with Gasteiger partial charge in [-0.15, -0.1) is 0 Å². The molecule has 1 N–H and O–H groups in total. The Labute approximate surface area is 112 Å². The molecular formula is C13H11F2NO4. The van der Waals surface area contributed by atoms with Crippen molar-refractivity contribution in [3.05, 3.63) is 35.7 Å². The fourth-order valence-electron chi connectivity index (χ4n) is 1.66. The molecule has 0 aliphatic carbocycles. The summed E-state index contributed by atoms with van der Waals surface area (Å²) < 4.78 is 33.4. The summed E-state index contributed by atoms with van der Waals surface area (Å²) in [5.41, 5.74) is 0.814. The highest BCUT2D eigenvalue weighted by Gasteiger charge is 2.19. The summed E-state index contributed by atoms with van der Waals surface area (Å²) in [6.07, 6.45) is 0.414. The van der Waals surface area contributed by atoms with E-state index in [1.165, 1.54) is 24.3 Å². The summed E-state index contributed by atoms with van der Waals surface area (Å²) in [4.78, 5) is 15.0. The molecule has 0 spiro atoms. The van der Waals surface area contributed by atoms with E-state index in [-0.39, 0.29) is 17.4 Å². The quantitative estimate of drug-likeness (QED) is 0.912. The van der Waals surface area contributed by atoms with Crippen LogP contribution in [0.2, 0.25) is 0 Å². The molecule has 0 saturated carbocycles. The van der Waals surface area contributed by atoms with Gasteiger partial charge in [-0.1, -0.05) is 6.92 Å². The van der Waals surface area contributed by atoms with Crippen LogP contribution in [-0.4, -0.2) is 22.7 Å². The molecule has 1 aromatic heterocycles. The third-order valence-corrected chi connectivity index (χ3v) is 2.55. The maximum Gasteiger partial charge on any atom is 0.387 e. The molecule has 1 aromatic carbocycles. The second kappa shape index (κ2) is 5.68. The molecule has 1 heterocycles. The minimum Gasteiger partial charge on any atom is -0.475 e. The fraction of sp³-hybridized carbons (Fsp3) is 0.231. The van der Waals surface area contributed by atoms with Crippen molar-refractivity contribution in [2.75, 3.05) is 0 Å². The van der Waals surface area contributed by atoms with E-state index in [0.29, 0.717) is 17.7 Å². The van der Waals surface area contributed by atoms with Gasteiger partial charge in [0.05, 0.1) is 5.69 Å². The lowest BCUT2D eigenvalue weighted by molar-refractivity contribution is -0.0498. The highest BCUT2D eigenvalue weighted by molar-refractivity contribution is 5.86. The SMILES string of the molecule is CCc1nc(-c2ccc(OC(F)F)cc2)oc1C(=O)O. The van der Waals surface area contributed by atoms with Crippen LogP contribution in [0.5, 0.6) is 5.75 Å². The number of aromatic carboxylic acids is 1. The predicted molar refractivity (Wildman–Crippen MR) is 64.9 cm³/mol. The number of rotatable bonds is 5. The molecule has 0 fully saturated rings. The molecule has 0 amide bonds. The van der Waals surface area contributed by atoms with Gasteiger partial charge in [-0.2, -0.15) is 8.78 Å². The summed E-state index contributed by atoms with van der Waals surface area (Å²) in [6.45, 7) is -1.14. The van der Waals surface area contributed by atoms with Gasteiger partial charge in [-0.3, -0.25) is 0 Å². The standard InChI is InChI=1S/C13H11F2NO4/c1-2-9-10(12(17)18)20-11(16-9)7-3-5-8(6-4-7)19-13(14)15/h3-6,13H,2H2,1H3,(H,17,18). The Hall–Kier alpha value is -2.44. The minimum atomic E-state index is -2.90. The number of nitrogens with zero attached hydrogens (tertiary/aromatic N) is 1. The first-order valence-electron chi connectivity index (χ1n) is 5.79. The lowest BCUT2D eigenvalue weighted by atomic mass is 10.2. The zero-order valence-corrected chi connectivity index (χ0v) is 10.5. The van der Waals surface area contributed by atoms with Crippen molar-refractivity contribution >= 4 is 5.97 Å². The lowest BCUT2D eigenvalue weighted by Gasteiger charge is -2.03. The van der Waals surface area contributed by atoms with E-state index in [1.54, 1.807) is 6.92 Å². The van der Waals surface area contributed by atoms with Crippen molar-refractivity contribution in [1.29, 1.82) is 0 Å². The smallest absolute Gasteiger partial charge is 0.387 e. The Morgan fingerprint density at radius 3 is 2.50 bits per heavy atom. The van der Waals surface area contributed by atoms with Crippen LogP contribution in [0.25, 0.3) is 11.5 Å². The molecule has 0 unspecified atom stereocenters. The highest BCUT2D eigenvalue weighted by Crippen LogP contribution is 2.25. The van der Waals surface area contributed by atoms with Crippen molar-refractivity contribution in [2.24, 2.45) is 0 Å². The van der Waals surface area contributed by atoms with Gasteiger partial charge in [0, 0.05) is 5.56 Å². The molecule has 0 aliphatic rings. The molecule has 0 atom stereocenters. The van der Waals surface area contributed by atoms with Gasteiger partial charge in [0.2, 0.25) is 11.7 Å². The van der Waals surface area contributed by atoms with Crippen LogP contribution in [0, 0.1) is 0 Å². The van der Waals surface area contributed by atoms with Gasteiger partial charge in [-0.05, 0) is 30.7 Å². The third kappa shape index (κ3) is 2.93. The van der Waals surface area contributed by atoms with Crippen LogP contribution in [0.4, 0.5) is 8.78 Å². The Morgan fingerprint density at radius 2 is 2.05 bits per heavy atom. The summed E-state index contributed by atoms with van der Waals surface area (Å²) in [5.74, 6) is -1.28. The highest BCUT2D eigenvalue weighted by atomic mass is 19.3. The number of halogens is 2. The van der Waals surface area contributed by atoms with Crippen LogP contribution in [0.1, 0.15) is 23.2 Å². The molecule has 20 heavy (non-hydrogen) atoms. The molecule has 2 rings (SSSR count). The number of benzene rings is 1. The third-order valence-electron chi connectivity index (χ3n) is 2.55. The van der Waals surface area contributed by atoms with E-state index in [4.69, 9.17) is 9.52 Å². The molecule has 0 bridgehead atoms. The number of aromatic nitrogens is 1. The van der Waals surface area contributed by atoms with E-state index in [0.717, 1.165) is 0 Å². The van der Waals surface area contributed by atoms with Crippen LogP contribution in [-0.2, 0) is 6.42 Å². The number of oxazole rings is 1. The summed E-state index contributed by atoms with van der Waals surface area (Å²) in [5, 5.41) is 8.96. The van der Waals surface area contributed by atoms with Gasteiger partial charge in [-0.25, -0.2) is 9.78 Å². The number of carboxylic acid groups (broad SMARTS) is 1. The molecular weight excluding hydrogens is 272 g/mol. The molecule has 0 aliphatic heterocycles. The maximum atomic E-state index is 12.0. The number of hydrogen-bond acceptors (Lipinski definition) is 4. The van der Waals surface area contributed by atoms with Crippen LogP contribution in [0.15, 0.2) is 28.7 Å². The van der Waals surface area contributed by atoms with E-state index >= 15 is 0 Å². The van der Waals surface area contributed by atoms with E-state index in [2.05, 4.69) is 9.72 Å². The summed E-state index contributed by atoms with van der Waals surface area (Å²) >= 11 is 0. The fourth-order valence-corrected chi connectivity index (χ4v) is 1.66. The molecule has 0 saturated heterocycles. The van der Waals surface area contributed by atoms with Gasteiger partial charge in [0.1, 0.15) is 5.75 Å². The second-order valence-corrected chi connectivity index (χ2v) is 3.86. The predicted octanol–water partition coefficient (Wildman–Crippen LogP) is 3.20. The summed E-state index contributed by atoms with van der Waals surface area (Å²) in [6, 6.07) is 5.60. The Morgan fingerprint density at radius 1 is 1.40 bits per heavy atom. The maximum absolute atomic E-state index is 12.0. The molecule has 7 heteroatoms. The Bertz CT molecular complexity index is 607. The summed E-state index contributed by atoms with van der Waals surface area (Å²) in [7, 11) is 0. The van der Waals surface area contributed by atoms with Crippen molar-refractivity contribution in [1.82, 2.24) is 4.98 Å². The van der Waals surface area contributed by atoms with Gasteiger partial charge in [0.15, 0.2) is 0 Å². The first-order valence-corrected chi connectivity index (χ1v) is 5.79. The lowest BCUT2D eigenvalue weighted by Crippen LogP contribution is -2.01. The van der Waals surface area contributed by atoms with Crippen LogP contribution < -0.4 is 4.74 Å². The van der Waals surface area contributed by atoms with Crippen molar-refractivity contribution in [3.8, 4) is 17.2 Å². The average Bonchev–Trinajstić information content (AvgIpc) is 2.83. The number of hydrogen-bond donors (Lipinski definition) is 1. The van der Waals surface area contributed by atoms with E-state index in [9.17, 15) is 13.6 Å². The largest absolute Gasteiger partial charge is 0.475 e. The minimum absolute atomic E-state index is 0.00415. The average molecular weight is 283 g/mol. The zero-order chi connectivity index (χ0) is 14.7. The molecule has 106 valence electrons. The normalized spacial score (nSPS) is 10.8. The Kier molecular flexibility index (Phi) is 3.97. The number of alkyl halides is 2. The molecule has 0 radical (unpaired) electrons. The van der Waals surface area contributed by atoms with E-state index < -0.39 is 12.6 Å². The van der Waals surface area contributed by atoms with Crippen LogP contribution >= 0.6 is 0 Å². The second-order valence-electron chi connectivity index (χ2n) is 3.86. The number of ether oxygens (including phenoxy) is 1. The molecule has 2 aromatic rings. The van der Waals surface area contributed by atoms with Crippen molar-refractivity contribution < 1.29 is 27.8 Å². The first kappa shape index (κ1) is 14.0.